The van der Waals surface area contributed by atoms with Gasteiger partial charge in [0.05, 0.1) is 11.0 Å². The second-order valence-corrected chi connectivity index (χ2v) is 7.40. The topological polar surface area (TPSA) is 81.1 Å². The van der Waals surface area contributed by atoms with Gasteiger partial charge in [0.25, 0.3) is 0 Å². The van der Waals surface area contributed by atoms with Crippen molar-refractivity contribution >= 4 is 34.9 Å². The highest BCUT2D eigenvalue weighted by atomic mass is 19.1. The summed E-state index contributed by atoms with van der Waals surface area (Å²) < 4.78 is 21.8. The number of amides is 1. The Kier molecular flexibility index (Phi) is 5.53. The number of rotatable bonds is 7. The van der Waals surface area contributed by atoms with Gasteiger partial charge in [0.1, 0.15) is 23.1 Å². The number of nitrogens with one attached hydrogen (secondary N) is 2. The summed E-state index contributed by atoms with van der Waals surface area (Å²) in [6.45, 7) is 3.92. The third-order valence-electron chi connectivity index (χ3n) is 4.90. The Hall–Kier alpha value is -3.94. The maximum atomic E-state index is 14.0. The highest BCUT2D eigenvalue weighted by Crippen LogP contribution is 2.29. The summed E-state index contributed by atoms with van der Waals surface area (Å²) in [6.07, 6.45) is 2.11. The number of nitrogens with zero attached hydrogens (tertiary/aromatic N) is 3. The summed E-state index contributed by atoms with van der Waals surface area (Å²) in [7, 11) is 1.91. The van der Waals surface area contributed by atoms with Gasteiger partial charge in [-0.25, -0.2) is 14.4 Å². The normalized spacial score (nSPS) is 11.0. The monoisotopic (exact) mass is 419 g/mol. The number of carbonyl (C=O) groups excluding carboxylic acids is 1. The maximum absolute atomic E-state index is 14.0. The van der Waals surface area contributed by atoms with E-state index in [2.05, 4.69) is 20.6 Å². The lowest BCUT2D eigenvalue weighted by molar-refractivity contribution is -0.105. The number of benzene rings is 2. The Bertz CT molecular complexity index is 1250. The largest absolute Gasteiger partial charge is 0.457 e. The molecule has 0 unspecified atom stereocenters. The van der Waals surface area contributed by atoms with Crippen LogP contribution in [0, 0.1) is 5.82 Å². The fourth-order valence-corrected chi connectivity index (χ4v) is 3.30. The number of pyridine rings is 1. The lowest BCUT2D eigenvalue weighted by atomic mass is 10.0. The average Bonchev–Trinajstić information content (AvgIpc) is 3.04. The second-order valence-electron chi connectivity index (χ2n) is 7.40. The van der Waals surface area contributed by atoms with Crippen molar-refractivity contribution in [1.82, 2.24) is 14.5 Å². The Morgan fingerprint density at radius 2 is 1.90 bits per heavy atom. The Balaban J connectivity index is 1.60. The lowest BCUT2D eigenvalue weighted by Crippen LogP contribution is -2.01. The molecule has 0 aliphatic heterocycles. The zero-order chi connectivity index (χ0) is 22.0. The average molecular weight is 419 g/mol. The Labute approximate surface area is 178 Å². The number of carbonyl (C=O) groups is 1. The molecular formula is C23H22FN5O2. The van der Waals surface area contributed by atoms with Crippen LogP contribution >= 0.6 is 0 Å². The first-order valence-electron chi connectivity index (χ1n) is 9.81. The van der Waals surface area contributed by atoms with Crippen molar-refractivity contribution in [2.24, 2.45) is 7.05 Å². The molecule has 0 bridgehead atoms. The van der Waals surface area contributed by atoms with Crippen molar-refractivity contribution in [3.8, 4) is 11.5 Å². The lowest BCUT2D eigenvalue weighted by Gasteiger charge is -2.11. The predicted molar refractivity (Wildman–Crippen MR) is 118 cm³/mol. The van der Waals surface area contributed by atoms with Gasteiger partial charge in [0, 0.05) is 31.1 Å². The first kappa shape index (κ1) is 20.3. The molecule has 4 aromatic rings. The molecule has 0 spiro atoms. The molecule has 0 aliphatic rings. The number of hydrogen-bond donors (Lipinski definition) is 2. The van der Waals surface area contributed by atoms with E-state index in [4.69, 9.17) is 4.74 Å². The zero-order valence-corrected chi connectivity index (χ0v) is 17.4. The molecule has 4 rings (SSSR count). The van der Waals surface area contributed by atoms with Crippen LogP contribution in [0.15, 0.2) is 54.7 Å². The van der Waals surface area contributed by atoms with Gasteiger partial charge in [-0.15, -0.1) is 0 Å². The third kappa shape index (κ3) is 4.32. The molecule has 2 aromatic heterocycles. The molecule has 1 amide bonds. The smallest absolute Gasteiger partial charge is 0.212 e. The van der Waals surface area contributed by atoms with Crippen LogP contribution in [0.25, 0.3) is 11.0 Å². The second kappa shape index (κ2) is 8.43. The van der Waals surface area contributed by atoms with Crippen molar-refractivity contribution in [1.29, 1.82) is 0 Å². The van der Waals surface area contributed by atoms with E-state index in [9.17, 15) is 9.18 Å². The van der Waals surface area contributed by atoms with Gasteiger partial charge in [-0.3, -0.25) is 4.79 Å². The summed E-state index contributed by atoms with van der Waals surface area (Å²) in [4.78, 5) is 19.3. The molecule has 0 atom stereocenters. The van der Waals surface area contributed by atoms with Crippen LogP contribution in [0.4, 0.5) is 21.8 Å². The van der Waals surface area contributed by atoms with E-state index in [-0.39, 0.29) is 11.7 Å². The van der Waals surface area contributed by atoms with Gasteiger partial charge in [0.15, 0.2) is 0 Å². The summed E-state index contributed by atoms with van der Waals surface area (Å²) >= 11 is 0. The van der Waals surface area contributed by atoms with Gasteiger partial charge in [0.2, 0.25) is 12.4 Å². The van der Waals surface area contributed by atoms with Crippen molar-refractivity contribution in [3.63, 3.8) is 0 Å². The van der Waals surface area contributed by atoms with Crippen LogP contribution in [-0.4, -0.2) is 20.9 Å². The minimum absolute atomic E-state index is 0.0809. The molecule has 31 heavy (non-hydrogen) atoms. The van der Waals surface area contributed by atoms with Crippen molar-refractivity contribution < 1.29 is 13.9 Å². The molecule has 8 heteroatoms. The molecule has 2 N–H and O–H groups in total. The molecule has 2 aromatic carbocycles. The van der Waals surface area contributed by atoms with Crippen LogP contribution in [0.5, 0.6) is 11.5 Å². The van der Waals surface area contributed by atoms with E-state index >= 15 is 0 Å². The van der Waals surface area contributed by atoms with Gasteiger partial charge in [-0.2, -0.15) is 0 Å². The minimum atomic E-state index is -0.213. The number of fused-ring (bicyclic) bond motifs is 1. The summed E-state index contributed by atoms with van der Waals surface area (Å²) in [5.74, 6) is 2.05. The Morgan fingerprint density at radius 3 is 2.68 bits per heavy atom. The fourth-order valence-electron chi connectivity index (χ4n) is 3.30. The van der Waals surface area contributed by atoms with E-state index in [0.717, 1.165) is 16.7 Å². The first-order chi connectivity index (χ1) is 14.9. The summed E-state index contributed by atoms with van der Waals surface area (Å²) in [6, 6.07) is 13.9. The number of aryl methyl sites for hydroxylation is 1. The molecule has 0 radical (unpaired) electrons. The standard InChI is InChI=1S/C23H22FN5O2/c1-14(2)18-10-15(4-6-19(18)24)27-23-28-20-11-16(5-7-21(20)29(23)3)31-17-8-9-25-22(12-17)26-13-30/h4-14H,1-3H3,(H,27,28)(H,25,26,30). The molecular weight excluding hydrogens is 397 g/mol. The van der Waals surface area contributed by atoms with Crippen LogP contribution < -0.4 is 15.4 Å². The molecule has 0 fully saturated rings. The number of hydrogen-bond acceptors (Lipinski definition) is 5. The van der Waals surface area contributed by atoms with E-state index < -0.39 is 0 Å². The van der Waals surface area contributed by atoms with E-state index in [0.29, 0.717) is 35.2 Å². The predicted octanol–water partition coefficient (Wildman–Crippen LogP) is 5.34. The maximum Gasteiger partial charge on any atom is 0.212 e. The molecule has 0 saturated carbocycles. The number of aromatic nitrogens is 3. The van der Waals surface area contributed by atoms with Gasteiger partial charge < -0.3 is 19.9 Å². The fraction of sp³-hybridized carbons (Fsp3) is 0.174. The summed E-state index contributed by atoms with van der Waals surface area (Å²) in [5.41, 5.74) is 3.08. The first-order valence-corrected chi connectivity index (χ1v) is 9.81. The number of imidazole rings is 1. The highest BCUT2D eigenvalue weighted by Gasteiger charge is 2.12. The van der Waals surface area contributed by atoms with Crippen LogP contribution in [-0.2, 0) is 11.8 Å². The molecule has 0 saturated heterocycles. The number of halogens is 1. The molecule has 7 nitrogen and oxygen atoms in total. The van der Waals surface area contributed by atoms with Crippen LogP contribution in [0.1, 0.15) is 25.3 Å². The van der Waals surface area contributed by atoms with E-state index in [1.54, 1.807) is 24.4 Å². The summed E-state index contributed by atoms with van der Waals surface area (Å²) in [5, 5.41) is 5.76. The molecule has 0 aliphatic carbocycles. The SMILES string of the molecule is CC(C)c1cc(Nc2nc3cc(Oc4ccnc(NC=O)c4)ccc3n2C)ccc1F. The van der Waals surface area contributed by atoms with Crippen molar-refractivity contribution in [2.75, 3.05) is 10.6 Å². The van der Waals surface area contributed by atoms with E-state index in [1.807, 2.05) is 49.7 Å². The van der Waals surface area contributed by atoms with Crippen molar-refractivity contribution in [3.05, 3.63) is 66.1 Å². The highest BCUT2D eigenvalue weighted by molar-refractivity contribution is 5.81. The Morgan fingerprint density at radius 1 is 1.10 bits per heavy atom. The quantitative estimate of drug-likeness (QED) is 0.396. The number of anilines is 3. The number of ether oxygens (including phenoxy) is 1. The van der Waals surface area contributed by atoms with Crippen LogP contribution in [0.3, 0.4) is 0 Å². The van der Waals surface area contributed by atoms with E-state index in [1.165, 1.54) is 6.07 Å². The van der Waals surface area contributed by atoms with Gasteiger partial charge in [-0.05, 0) is 47.9 Å². The van der Waals surface area contributed by atoms with Gasteiger partial charge in [-0.1, -0.05) is 13.8 Å². The van der Waals surface area contributed by atoms with Crippen LogP contribution in [0.2, 0.25) is 0 Å². The van der Waals surface area contributed by atoms with Crippen molar-refractivity contribution in [2.45, 2.75) is 19.8 Å². The minimum Gasteiger partial charge on any atom is -0.457 e. The third-order valence-corrected chi connectivity index (χ3v) is 4.90. The van der Waals surface area contributed by atoms with Gasteiger partial charge >= 0.3 is 0 Å². The molecule has 158 valence electrons. The molecule has 2 heterocycles. The zero-order valence-electron chi connectivity index (χ0n) is 17.4.